The van der Waals surface area contributed by atoms with E-state index in [0.717, 1.165) is 13.0 Å². The Bertz CT molecular complexity index is 99.3. The van der Waals surface area contributed by atoms with Gasteiger partial charge in [-0.15, -0.1) is 25.6 Å². The van der Waals surface area contributed by atoms with E-state index < -0.39 is 6.36 Å². The van der Waals surface area contributed by atoms with Crippen molar-refractivity contribution < 1.29 is 17.9 Å². The maximum absolute atomic E-state index is 11.3. The number of halogens is 4. The van der Waals surface area contributed by atoms with E-state index in [0.29, 0.717) is 0 Å². The van der Waals surface area contributed by atoms with Crippen LogP contribution in [-0.4, -0.2) is 26.1 Å². The van der Waals surface area contributed by atoms with Crippen molar-refractivity contribution in [2.45, 2.75) is 19.7 Å². The molecule has 0 radical (unpaired) electrons. The van der Waals surface area contributed by atoms with E-state index >= 15 is 0 Å². The Kier molecular flexibility index (Phi) is 9.24. The zero-order valence-electron chi connectivity index (χ0n) is 6.78. The molecule has 1 N–H and O–H groups in total. The molecule has 0 spiro atoms. The van der Waals surface area contributed by atoms with Gasteiger partial charge in [0.1, 0.15) is 0 Å². The summed E-state index contributed by atoms with van der Waals surface area (Å²) in [5.41, 5.74) is 0. The van der Waals surface area contributed by atoms with Crippen LogP contribution in [0.25, 0.3) is 0 Å². The van der Waals surface area contributed by atoms with Gasteiger partial charge in [-0.2, -0.15) is 0 Å². The lowest BCUT2D eigenvalue weighted by molar-refractivity contribution is -0.323. The summed E-state index contributed by atoms with van der Waals surface area (Å²) in [6, 6.07) is 0. The van der Waals surface area contributed by atoms with E-state index in [1.54, 1.807) is 0 Å². The molecular formula is C6H13ClF3NO. The molecule has 0 aromatic carbocycles. The second-order valence-corrected chi connectivity index (χ2v) is 2.04. The summed E-state index contributed by atoms with van der Waals surface area (Å²) in [6.07, 6.45) is -3.58. The number of nitrogens with one attached hydrogen (secondary N) is 1. The zero-order chi connectivity index (χ0) is 8.74. The van der Waals surface area contributed by atoms with E-state index in [4.69, 9.17) is 0 Å². The molecular weight excluding hydrogens is 195 g/mol. The van der Waals surface area contributed by atoms with Crippen molar-refractivity contribution in [1.29, 1.82) is 0 Å². The van der Waals surface area contributed by atoms with Crippen LogP contribution in [0, 0.1) is 0 Å². The zero-order valence-corrected chi connectivity index (χ0v) is 7.60. The molecule has 0 amide bonds. The van der Waals surface area contributed by atoms with Crippen LogP contribution in [0.5, 0.6) is 0 Å². The van der Waals surface area contributed by atoms with Crippen LogP contribution in [0.2, 0.25) is 0 Å². The molecule has 0 saturated carbocycles. The Morgan fingerprint density at radius 1 is 1.25 bits per heavy atom. The highest BCUT2D eigenvalue weighted by molar-refractivity contribution is 5.85. The third-order valence-electron chi connectivity index (χ3n) is 0.971. The SMILES string of the molecule is CCCNCCOC(F)(F)F.Cl. The van der Waals surface area contributed by atoms with Crippen molar-refractivity contribution in [1.82, 2.24) is 5.32 Å². The minimum atomic E-state index is -4.49. The Morgan fingerprint density at radius 3 is 2.25 bits per heavy atom. The van der Waals surface area contributed by atoms with Crippen LogP contribution in [-0.2, 0) is 4.74 Å². The second-order valence-electron chi connectivity index (χ2n) is 2.04. The van der Waals surface area contributed by atoms with Crippen molar-refractivity contribution in [3.63, 3.8) is 0 Å². The van der Waals surface area contributed by atoms with E-state index in [1.165, 1.54) is 0 Å². The summed E-state index contributed by atoms with van der Waals surface area (Å²) >= 11 is 0. The lowest BCUT2D eigenvalue weighted by Crippen LogP contribution is -2.24. The van der Waals surface area contributed by atoms with Gasteiger partial charge in [-0.25, -0.2) is 0 Å². The summed E-state index contributed by atoms with van der Waals surface area (Å²) in [6.45, 7) is 2.59. The average molecular weight is 208 g/mol. The molecule has 2 nitrogen and oxygen atoms in total. The van der Waals surface area contributed by atoms with Crippen molar-refractivity contribution in [2.24, 2.45) is 0 Å². The van der Waals surface area contributed by atoms with E-state index in [9.17, 15) is 13.2 Å². The first-order valence-corrected chi connectivity index (χ1v) is 3.47. The highest BCUT2D eigenvalue weighted by Gasteiger charge is 2.28. The highest BCUT2D eigenvalue weighted by atomic mass is 35.5. The van der Waals surface area contributed by atoms with Crippen molar-refractivity contribution in [2.75, 3.05) is 19.7 Å². The predicted molar refractivity (Wildman–Crippen MR) is 42.4 cm³/mol. The van der Waals surface area contributed by atoms with Gasteiger partial charge >= 0.3 is 6.36 Å². The molecule has 0 fully saturated rings. The minimum absolute atomic E-state index is 0. The molecule has 0 atom stereocenters. The largest absolute Gasteiger partial charge is 0.522 e. The van der Waals surface area contributed by atoms with Crippen LogP contribution in [0.3, 0.4) is 0 Å². The third-order valence-corrected chi connectivity index (χ3v) is 0.971. The van der Waals surface area contributed by atoms with Gasteiger partial charge in [0.25, 0.3) is 0 Å². The fourth-order valence-corrected chi connectivity index (χ4v) is 0.541. The van der Waals surface area contributed by atoms with Gasteiger partial charge in [0.05, 0.1) is 6.61 Å². The van der Waals surface area contributed by atoms with Gasteiger partial charge in [0.15, 0.2) is 0 Å². The van der Waals surface area contributed by atoms with Crippen molar-refractivity contribution in [3.05, 3.63) is 0 Å². The fourth-order valence-electron chi connectivity index (χ4n) is 0.541. The summed E-state index contributed by atoms with van der Waals surface area (Å²) in [5.74, 6) is 0. The van der Waals surface area contributed by atoms with Gasteiger partial charge in [0.2, 0.25) is 0 Å². The Labute approximate surface area is 75.9 Å². The molecule has 0 aromatic rings. The smallest absolute Gasteiger partial charge is 0.314 e. The molecule has 0 heterocycles. The molecule has 12 heavy (non-hydrogen) atoms. The monoisotopic (exact) mass is 207 g/mol. The lowest BCUT2D eigenvalue weighted by atomic mass is 10.5. The van der Waals surface area contributed by atoms with E-state index in [-0.39, 0.29) is 25.6 Å². The number of rotatable bonds is 5. The van der Waals surface area contributed by atoms with E-state index in [2.05, 4.69) is 10.1 Å². The normalized spacial score (nSPS) is 11.0. The van der Waals surface area contributed by atoms with Crippen molar-refractivity contribution >= 4 is 12.4 Å². The van der Waals surface area contributed by atoms with Crippen LogP contribution in [0.15, 0.2) is 0 Å². The second kappa shape index (κ2) is 7.64. The minimum Gasteiger partial charge on any atom is -0.314 e. The first-order chi connectivity index (χ1) is 5.06. The standard InChI is InChI=1S/C6H12F3NO.ClH/c1-2-3-10-4-5-11-6(7,8)9;/h10H,2-5H2,1H3;1H. The number of hydrogen-bond acceptors (Lipinski definition) is 2. The molecule has 0 aliphatic rings. The van der Waals surface area contributed by atoms with Gasteiger partial charge in [0, 0.05) is 6.54 Å². The maximum atomic E-state index is 11.3. The molecule has 0 aliphatic carbocycles. The molecule has 0 unspecified atom stereocenters. The number of ether oxygens (including phenoxy) is 1. The molecule has 6 heteroatoms. The Morgan fingerprint density at radius 2 is 1.83 bits per heavy atom. The van der Waals surface area contributed by atoms with Gasteiger partial charge in [-0.3, -0.25) is 4.74 Å². The van der Waals surface area contributed by atoms with Crippen molar-refractivity contribution in [3.8, 4) is 0 Å². The predicted octanol–water partition coefficient (Wildman–Crippen LogP) is 1.94. The summed E-state index contributed by atoms with van der Waals surface area (Å²) in [5, 5.41) is 2.78. The van der Waals surface area contributed by atoms with Gasteiger partial charge in [-0.05, 0) is 13.0 Å². The Balaban J connectivity index is 0. The van der Waals surface area contributed by atoms with Gasteiger partial charge < -0.3 is 5.32 Å². The topological polar surface area (TPSA) is 21.3 Å². The van der Waals surface area contributed by atoms with E-state index in [1.807, 2.05) is 6.92 Å². The first-order valence-electron chi connectivity index (χ1n) is 3.47. The molecule has 0 bridgehead atoms. The molecule has 76 valence electrons. The first kappa shape index (κ1) is 14.5. The third kappa shape index (κ3) is 12.7. The quantitative estimate of drug-likeness (QED) is 0.696. The van der Waals surface area contributed by atoms with Gasteiger partial charge in [-0.1, -0.05) is 6.92 Å². The number of alkyl halides is 3. The lowest BCUT2D eigenvalue weighted by Gasteiger charge is -2.07. The molecule has 0 saturated heterocycles. The van der Waals surface area contributed by atoms with Crippen LogP contribution in [0.1, 0.15) is 13.3 Å². The highest BCUT2D eigenvalue weighted by Crippen LogP contribution is 2.14. The summed E-state index contributed by atoms with van der Waals surface area (Å²) < 4.78 is 37.5. The molecule has 0 aliphatic heterocycles. The number of hydrogen-bond donors (Lipinski definition) is 1. The van der Waals surface area contributed by atoms with Crippen LogP contribution >= 0.6 is 12.4 Å². The average Bonchev–Trinajstić information content (AvgIpc) is 1.85. The Hall–Kier alpha value is -0.0000000000000000555. The van der Waals surface area contributed by atoms with Crippen LogP contribution in [0.4, 0.5) is 13.2 Å². The molecule has 0 aromatic heterocycles. The maximum Gasteiger partial charge on any atom is 0.522 e. The molecule has 0 rings (SSSR count). The summed E-state index contributed by atoms with van der Waals surface area (Å²) in [7, 11) is 0. The van der Waals surface area contributed by atoms with Crippen LogP contribution < -0.4 is 5.32 Å². The fraction of sp³-hybridized carbons (Fsp3) is 1.00. The summed E-state index contributed by atoms with van der Waals surface area (Å²) in [4.78, 5) is 0.